The largest absolute Gasteiger partial charge is 0.309 e. The van der Waals surface area contributed by atoms with Gasteiger partial charge in [0.05, 0.1) is 33.1 Å². The van der Waals surface area contributed by atoms with E-state index >= 15 is 0 Å². The number of aromatic nitrogens is 1. The maximum atomic E-state index is 8.01. The summed E-state index contributed by atoms with van der Waals surface area (Å²) in [5, 5.41) is 10.9. The summed E-state index contributed by atoms with van der Waals surface area (Å²) in [4.78, 5) is 2.57. The minimum Gasteiger partial charge on any atom is -0.309 e. The van der Waals surface area contributed by atoms with E-state index in [1.54, 1.807) is 0 Å². The van der Waals surface area contributed by atoms with E-state index in [0.29, 0.717) is 0 Å². The zero-order valence-corrected chi connectivity index (χ0v) is 40.9. The van der Waals surface area contributed by atoms with Crippen molar-refractivity contribution in [3.8, 4) is 39.1 Å². The Labute approximate surface area is 420 Å². The highest BCUT2D eigenvalue weighted by atomic mass is 35.5. The lowest BCUT2D eigenvalue weighted by Crippen LogP contribution is -2.33. The molecular weight excluding hydrogens is 900 g/mol. The van der Waals surface area contributed by atoms with Crippen LogP contribution in [0, 0.1) is 0 Å². The Bertz CT molecular complexity index is 4530. The second-order valence-corrected chi connectivity index (χ2v) is 22.1. The molecule has 3 aliphatic rings. The van der Waals surface area contributed by atoms with Gasteiger partial charge in [-0.05, 0) is 151 Å². The quantitative estimate of drug-likeness (QED) is 0.171. The lowest BCUT2D eigenvalue weighted by Gasteiger charge is -2.44. The summed E-state index contributed by atoms with van der Waals surface area (Å²) in [7, 11) is 0. The second kappa shape index (κ2) is 13.9. The molecule has 4 heteroatoms. The van der Waals surface area contributed by atoms with Crippen molar-refractivity contribution < 1.29 is 0 Å². The second-order valence-electron chi connectivity index (χ2n) is 20.6. The standard InChI is InChI=1S/C67H43ClN2S/c1-66(2)51-31-28-38-15-9-10-20-44(38)60(51)48-23-14-25-56(62(48)66)70-57-26-13-22-46-49-33-39-16-7-8-17-40(39)35-52(49)67(3,63(46)57)64-61-47-30-27-42(36-58(47)71-59(61)37-53(68)65(64)70)41-29-32-55-50(34-41)45-21-11-12-24-54(45)69(55)43-18-5-4-6-19-43/h4-37H,1-3H3. The van der Waals surface area contributed by atoms with E-state index in [1.807, 2.05) is 11.3 Å². The molecule has 2 aromatic heterocycles. The first-order chi connectivity index (χ1) is 34.8. The van der Waals surface area contributed by atoms with E-state index in [-0.39, 0.29) is 5.41 Å². The van der Waals surface area contributed by atoms with Crippen molar-refractivity contribution in [1.82, 2.24) is 4.57 Å². The van der Waals surface area contributed by atoms with Gasteiger partial charge in [0.15, 0.2) is 0 Å². The molecule has 0 bridgehead atoms. The number of hydrogen-bond donors (Lipinski definition) is 0. The van der Waals surface area contributed by atoms with Gasteiger partial charge in [0.2, 0.25) is 0 Å². The van der Waals surface area contributed by atoms with Crippen LogP contribution < -0.4 is 4.90 Å². The van der Waals surface area contributed by atoms with Crippen molar-refractivity contribution in [2.45, 2.75) is 31.6 Å². The monoisotopic (exact) mass is 942 g/mol. The number of hydrogen-bond acceptors (Lipinski definition) is 2. The maximum absolute atomic E-state index is 8.01. The van der Waals surface area contributed by atoms with Crippen LogP contribution in [-0.4, -0.2) is 4.57 Å². The summed E-state index contributed by atoms with van der Waals surface area (Å²) < 4.78 is 4.85. The minimum absolute atomic E-state index is 0.285. The van der Waals surface area contributed by atoms with Crippen LogP contribution in [0.25, 0.3) is 103 Å². The molecule has 0 spiro atoms. The third kappa shape index (κ3) is 5.07. The minimum atomic E-state index is -0.516. The van der Waals surface area contributed by atoms with Gasteiger partial charge >= 0.3 is 0 Å². The molecular formula is C67H43ClN2S. The summed E-state index contributed by atoms with van der Waals surface area (Å²) in [5.74, 6) is 0. The predicted octanol–water partition coefficient (Wildman–Crippen LogP) is 19.2. The van der Waals surface area contributed by atoms with Crippen molar-refractivity contribution >= 4 is 104 Å². The molecule has 13 aromatic rings. The summed E-state index contributed by atoms with van der Waals surface area (Å²) in [5.41, 5.74) is 20.5. The van der Waals surface area contributed by atoms with Crippen molar-refractivity contribution in [1.29, 1.82) is 0 Å². The zero-order valence-electron chi connectivity index (χ0n) is 39.3. The first-order valence-corrected chi connectivity index (χ1v) is 25.9. The number of nitrogens with zero attached hydrogens (tertiary/aromatic N) is 2. The summed E-state index contributed by atoms with van der Waals surface area (Å²) >= 11 is 9.87. The Kier molecular flexibility index (Phi) is 7.79. The Morgan fingerprint density at radius 1 is 0.437 bits per heavy atom. The summed E-state index contributed by atoms with van der Waals surface area (Å²) in [6, 6.07) is 77.1. The number of thiophene rings is 1. The fraction of sp³-hybridized carbons (Fsp3) is 0.0746. The van der Waals surface area contributed by atoms with Crippen LogP contribution in [0.3, 0.4) is 0 Å². The smallest absolute Gasteiger partial charge is 0.0699 e. The van der Waals surface area contributed by atoms with Crippen LogP contribution >= 0.6 is 22.9 Å². The Hall–Kier alpha value is -7.95. The average Bonchev–Trinajstić information content (AvgIpc) is 4.09. The van der Waals surface area contributed by atoms with Crippen LogP contribution in [0.5, 0.6) is 0 Å². The van der Waals surface area contributed by atoms with E-state index in [4.69, 9.17) is 11.6 Å². The van der Waals surface area contributed by atoms with Gasteiger partial charge in [-0.3, -0.25) is 0 Å². The van der Waals surface area contributed by atoms with Crippen LogP contribution in [0.2, 0.25) is 5.02 Å². The summed E-state index contributed by atoms with van der Waals surface area (Å²) in [6.45, 7) is 7.31. The van der Waals surface area contributed by atoms with E-state index in [1.165, 1.54) is 142 Å². The number of para-hydroxylation sites is 2. The molecule has 11 aromatic carbocycles. The summed E-state index contributed by atoms with van der Waals surface area (Å²) in [6.07, 6.45) is 0. The topological polar surface area (TPSA) is 8.17 Å². The highest BCUT2D eigenvalue weighted by Crippen LogP contribution is 2.67. The molecule has 2 aliphatic carbocycles. The lowest BCUT2D eigenvalue weighted by molar-refractivity contribution is 0.659. The molecule has 0 fully saturated rings. The predicted molar refractivity (Wildman–Crippen MR) is 302 cm³/mol. The number of rotatable bonds is 3. The highest BCUT2D eigenvalue weighted by molar-refractivity contribution is 7.26. The molecule has 2 nitrogen and oxygen atoms in total. The molecule has 0 N–H and O–H groups in total. The molecule has 1 aliphatic heterocycles. The number of fused-ring (bicyclic) bond motifs is 18. The maximum Gasteiger partial charge on any atom is 0.0699 e. The van der Waals surface area contributed by atoms with Gasteiger partial charge in [-0.1, -0.05) is 165 Å². The number of benzene rings is 11. The first kappa shape index (κ1) is 39.8. The first-order valence-electron chi connectivity index (χ1n) is 24.7. The van der Waals surface area contributed by atoms with Gasteiger partial charge in [0.25, 0.3) is 0 Å². The third-order valence-corrected chi connectivity index (χ3v) is 18.1. The van der Waals surface area contributed by atoms with E-state index < -0.39 is 5.41 Å². The van der Waals surface area contributed by atoms with Crippen LogP contribution in [-0.2, 0) is 10.8 Å². The van der Waals surface area contributed by atoms with Crippen LogP contribution in [0.4, 0.5) is 17.1 Å². The van der Waals surface area contributed by atoms with Crippen molar-refractivity contribution in [3.05, 3.63) is 239 Å². The van der Waals surface area contributed by atoms with Crippen molar-refractivity contribution in [3.63, 3.8) is 0 Å². The van der Waals surface area contributed by atoms with Crippen LogP contribution in [0.15, 0.2) is 206 Å². The SMILES string of the molecule is CC1(C)c2ccc3ccccc3c2-c2cccc(N3c4cccc5c4C(C)(c4cc6ccccc6cc4-5)c4c3c(Cl)cc3sc5cc(-c6ccc7c(c6)c6ccccc6n7-c6ccccc6)ccc5c43)c21. The molecule has 1 unspecified atom stereocenters. The molecule has 334 valence electrons. The van der Waals surface area contributed by atoms with E-state index in [0.717, 1.165) is 10.7 Å². The molecule has 0 amide bonds. The van der Waals surface area contributed by atoms with Gasteiger partial charge in [0, 0.05) is 53.0 Å². The van der Waals surface area contributed by atoms with Gasteiger partial charge in [0.1, 0.15) is 0 Å². The highest BCUT2D eigenvalue weighted by Gasteiger charge is 2.52. The molecule has 71 heavy (non-hydrogen) atoms. The van der Waals surface area contributed by atoms with Gasteiger partial charge in [-0.15, -0.1) is 11.3 Å². The average molecular weight is 944 g/mol. The van der Waals surface area contributed by atoms with Gasteiger partial charge in [-0.2, -0.15) is 0 Å². The molecule has 1 atom stereocenters. The van der Waals surface area contributed by atoms with E-state index in [2.05, 4.69) is 236 Å². The molecule has 0 saturated carbocycles. The Morgan fingerprint density at radius 2 is 1.11 bits per heavy atom. The molecule has 0 saturated heterocycles. The normalized spacial score (nSPS) is 16.0. The Morgan fingerprint density at radius 3 is 1.94 bits per heavy atom. The van der Waals surface area contributed by atoms with Crippen LogP contribution in [0.1, 0.15) is 48.6 Å². The molecule has 0 radical (unpaired) electrons. The zero-order chi connectivity index (χ0) is 47.1. The number of halogens is 1. The molecule has 3 heterocycles. The van der Waals surface area contributed by atoms with E-state index in [9.17, 15) is 0 Å². The third-order valence-electron chi connectivity index (χ3n) is 16.7. The van der Waals surface area contributed by atoms with Crippen molar-refractivity contribution in [2.75, 3.05) is 4.90 Å². The van der Waals surface area contributed by atoms with Crippen molar-refractivity contribution in [2.24, 2.45) is 0 Å². The lowest BCUT2D eigenvalue weighted by atomic mass is 9.68. The fourth-order valence-electron chi connectivity index (χ4n) is 13.7. The molecule has 16 rings (SSSR count). The number of anilines is 3. The Balaban J connectivity index is 0.966. The van der Waals surface area contributed by atoms with Gasteiger partial charge in [-0.25, -0.2) is 0 Å². The fourth-order valence-corrected chi connectivity index (χ4v) is 15.3. The van der Waals surface area contributed by atoms with Gasteiger partial charge < -0.3 is 9.47 Å².